The van der Waals surface area contributed by atoms with Gasteiger partial charge in [-0.15, -0.1) is 0 Å². The number of amides is 1. The van der Waals surface area contributed by atoms with Gasteiger partial charge in [-0.3, -0.25) is 19.8 Å². The number of aromatic nitrogens is 1. The lowest BCUT2D eigenvalue weighted by molar-refractivity contribution is -0.141. The Bertz CT molecular complexity index is 491. The predicted octanol–water partition coefficient (Wildman–Crippen LogP) is 1.41. The van der Waals surface area contributed by atoms with E-state index in [1.807, 2.05) is 20.8 Å². The summed E-state index contributed by atoms with van der Waals surface area (Å²) in [6.07, 6.45) is 0.247. The number of carbonyl (C=O) groups is 2. The van der Waals surface area contributed by atoms with Crippen LogP contribution in [0.4, 0.5) is 5.88 Å². The van der Waals surface area contributed by atoms with Crippen LogP contribution >= 0.6 is 0 Å². The van der Waals surface area contributed by atoms with Gasteiger partial charge in [0.1, 0.15) is 0 Å². The van der Waals surface area contributed by atoms with Crippen LogP contribution in [-0.4, -0.2) is 49.2 Å². The molecule has 21 heavy (non-hydrogen) atoms. The van der Waals surface area contributed by atoms with Crippen LogP contribution in [0, 0.1) is 0 Å². The molecule has 0 spiro atoms. The first-order valence-corrected chi connectivity index (χ1v) is 6.75. The number of hydrogen-bond donors (Lipinski definition) is 1. The minimum atomic E-state index is -0.299. The van der Waals surface area contributed by atoms with Crippen molar-refractivity contribution in [2.24, 2.45) is 0 Å². The molecule has 1 amide bonds. The van der Waals surface area contributed by atoms with Gasteiger partial charge >= 0.3 is 5.97 Å². The molecular weight excluding hydrogens is 274 g/mol. The second-order valence-electron chi connectivity index (χ2n) is 5.94. The van der Waals surface area contributed by atoms with Crippen LogP contribution in [0.5, 0.6) is 0 Å². The first kappa shape index (κ1) is 17.2. The highest BCUT2D eigenvalue weighted by molar-refractivity contribution is 5.91. The quantitative estimate of drug-likeness (QED) is 0.799. The fourth-order valence-electron chi connectivity index (χ4n) is 1.57. The van der Waals surface area contributed by atoms with E-state index >= 15 is 0 Å². The molecule has 0 aliphatic carbocycles. The van der Waals surface area contributed by atoms with E-state index in [1.165, 1.54) is 7.11 Å². The Labute approximate surface area is 124 Å². The Hall–Kier alpha value is -1.89. The summed E-state index contributed by atoms with van der Waals surface area (Å²) in [6, 6.07) is 1.71. The van der Waals surface area contributed by atoms with Gasteiger partial charge in [-0.2, -0.15) is 0 Å². The number of nitrogens with zero attached hydrogens (tertiary/aromatic N) is 2. The normalized spacial score (nSPS) is 11.5. The minimum Gasteiger partial charge on any atom is -0.469 e. The molecule has 118 valence electrons. The van der Waals surface area contributed by atoms with E-state index < -0.39 is 0 Å². The Morgan fingerprint density at radius 1 is 1.43 bits per heavy atom. The predicted molar refractivity (Wildman–Crippen MR) is 78.0 cm³/mol. The Morgan fingerprint density at radius 3 is 2.62 bits per heavy atom. The van der Waals surface area contributed by atoms with E-state index in [-0.39, 0.29) is 30.3 Å². The smallest absolute Gasteiger partial charge is 0.306 e. The van der Waals surface area contributed by atoms with Gasteiger partial charge in [0.25, 0.3) is 0 Å². The molecule has 1 heterocycles. The summed E-state index contributed by atoms with van der Waals surface area (Å²) < 4.78 is 9.63. The first-order valence-electron chi connectivity index (χ1n) is 6.75. The summed E-state index contributed by atoms with van der Waals surface area (Å²) in [4.78, 5) is 24.6. The molecule has 1 N–H and O–H groups in total. The van der Waals surface area contributed by atoms with Gasteiger partial charge in [0.2, 0.25) is 11.8 Å². The van der Waals surface area contributed by atoms with Crippen LogP contribution in [0.1, 0.15) is 32.9 Å². The summed E-state index contributed by atoms with van der Waals surface area (Å²) in [5.74, 6) is -0.197. The zero-order valence-electron chi connectivity index (χ0n) is 13.2. The van der Waals surface area contributed by atoms with Gasteiger partial charge in [-0.05, 0) is 7.05 Å². The number of anilines is 1. The van der Waals surface area contributed by atoms with Gasteiger partial charge in [-0.25, -0.2) is 0 Å². The Kier molecular flexibility index (Phi) is 5.90. The van der Waals surface area contributed by atoms with Crippen molar-refractivity contribution >= 4 is 17.8 Å². The van der Waals surface area contributed by atoms with Crippen molar-refractivity contribution in [1.29, 1.82) is 0 Å². The zero-order valence-corrected chi connectivity index (χ0v) is 13.2. The summed E-state index contributed by atoms with van der Waals surface area (Å²) in [5.41, 5.74) is 0.640. The molecule has 0 bridgehead atoms. The lowest BCUT2D eigenvalue weighted by atomic mass is 9.92. The largest absolute Gasteiger partial charge is 0.469 e. The van der Waals surface area contributed by atoms with Crippen molar-refractivity contribution in [3.8, 4) is 0 Å². The van der Waals surface area contributed by atoms with Crippen LogP contribution in [0.25, 0.3) is 0 Å². The molecular formula is C14H23N3O4. The number of ether oxygens (including phenoxy) is 1. The molecule has 0 fully saturated rings. The van der Waals surface area contributed by atoms with Crippen LogP contribution in [0.2, 0.25) is 0 Å². The zero-order chi connectivity index (χ0) is 16.0. The number of rotatable bonds is 6. The van der Waals surface area contributed by atoms with Crippen molar-refractivity contribution in [2.75, 3.05) is 32.6 Å². The standard InChI is InChI=1S/C14H23N3O4/c1-14(2,3)10-8-12(21-16-10)15-11(18)9-17(4)7-6-13(19)20-5/h8H,6-7,9H2,1-5H3,(H,15,18). The van der Waals surface area contributed by atoms with Crippen molar-refractivity contribution in [3.05, 3.63) is 11.8 Å². The van der Waals surface area contributed by atoms with E-state index in [1.54, 1.807) is 18.0 Å². The highest BCUT2D eigenvalue weighted by Crippen LogP contribution is 2.23. The van der Waals surface area contributed by atoms with Crippen LogP contribution < -0.4 is 5.32 Å². The average molecular weight is 297 g/mol. The Morgan fingerprint density at radius 2 is 2.10 bits per heavy atom. The maximum atomic E-state index is 11.8. The van der Waals surface area contributed by atoms with Gasteiger partial charge in [-0.1, -0.05) is 25.9 Å². The van der Waals surface area contributed by atoms with E-state index in [0.29, 0.717) is 12.4 Å². The number of methoxy groups -OCH3 is 1. The number of carbonyl (C=O) groups excluding carboxylic acids is 2. The van der Waals surface area contributed by atoms with E-state index in [4.69, 9.17) is 4.52 Å². The lowest BCUT2D eigenvalue weighted by Gasteiger charge is -2.14. The summed E-state index contributed by atoms with van der Waals surface area (Å²) in [7, 11) is 3.09. The number of hydrogen-bond acceptors (Lipinski definition) is 6. The molecule has 1 aromatic rings. The van der Waals surface area contributed by atoms with Gasteiger partial charge in [0.15, 0.2) is 0 Å². The number of nitrogens with one attached hydrogen (secondary N) is 1. The Balaban J connectivity index is 2.43. The van der Waals surface area contributed by atoms with Crippen molar-refractivity contribution < 1.29 is 18.8 Å². The summed E-state index contributed by atoms with van der Waals surface area (Å²) in [5, 5.41) is 6.57. The maximum Gasteiger partial charge on any atom is 0.306 e. The van der Waals surface area contributed by atoms with Crippen molar-refractivity contribution in [2.45, 2.75) is 32.6 Å². The first-order chi connectivity index (χ1) is 9.72. The van der Waals surface area contributed by atoms with E-state index in [0.717, 1.165) is 5.69 Å². The second-order valence-corrected chi connectivity index (χ2v) is 5.94. The molecule has 0 aliphatic heterocycles. The van der Waals surface area contributed by atoms with Crippen LogP contribution in [0.3, 0.4) is 0 Å². The molecule has 1 rings (SSSR count). The molecule has 0 saturated carbocycles. The second kappa shape index (κ2) is 7.21. The average Bonchev–Trinajstić information content (AvgIpc) is 2.84. The number of likely N-dealkylation sites (N-methyl/N-ethyl adjacent to an activating group) is 1. The van der Waals surface area contributed by atoms with Gasteiger partial charge in [0.05, 0.1) is 25.8 Å². The fourth-order valence-corrected chi connectivity index (χ4v) is 1.57. The monoisotopic (exact) mass is 297 g/mol. The minimum absolute atomic E-state index is 0.135. The topological polar surface area (TPSA) is 84.7 Å². The highest BCUT2D eigenvalue weighted by atomic mass is 16.5. The molecule has 0 aliphatic rings. The van der Waals surface area contributed by atoms with Crippen LogP contribution in [0.15, 0.2) is 10.6 Å². The van der Waals surface area contributed by atoms with Crippen molar-refractivity contribution in [3.63, 3.8) is 0 Å². The fraction of sp³-hybridized carbons (Fsp3) is 0.643. The molecule has 0 aromatic carbocycles. The maximum absolute atomic E-state index is 11.8. The molecule has 0 atom stereocenters. The number of esters is 1. The highest BCUT2D eigenvalue weighted by Gasteiger charge is 2.20. The molecule has 7 heteroatoms. The molecule has 1 aromatic heterocycles. The SMILES string of the molecule is COC(=O)CCN(C)CC(=O)Nc1cc(C(C)(C)C)no1. The third-order valence-corrected chi connectivity index (χ3v) is 2.88. The molecule has 0 saturated heterocycles. The summed E-state index contributed by atoms with van der Waals surface area (Å²) >= 11 is 0. The summed E-state index contributed by atoms with van der Waals surface area (Å²) in [6.45, 7) is 6.64. The molecule has 7 nitrogen and oxygen atoms in total. The van der Waals surface area contributed by atoms with E-state index in [9.17, 15) is 9.59 Å². The van der Waals surface area contributed by atoms with Gasteiger partial charge < -0.3 is 9.26 Å². The lowest BCUT2D eigenvalue weighted by Crippen LogP contribution is -2.31. The third-order valence-electron chi connectivity index (χ3n) is 2.88. The molecule has 0 unspecified atom stereocenters. The van der Waals surface area contributed by atoms with Gasteiger partial charge in [0, 0.05) is 18.0 Å². The molecule has 0 radical (unpaired) electrons. The van der Waals surface area contributed by atoms with Crippen molar-refractivity contribution in [1.82, 2.24) is 10.1 Å². The van der Waals surface area contributed by atoms with Crippen LogP contribution in [-0.2, 0) is 19.7 Å². The third kappa shape index (κ3) is 5.95. The van der Waals surface area contributed by atoms with E-state index in [2.05, 4.69) is 15.2 Å².